The summed E-state index contributed by atoms with van der Waals surface area (Å²) in [4.78, 5) is 60.0. The van der Waals surface area contributed by atoms with Crippen LogP contribution in [0.1, 0.15) is 40.5 Å². The van der Waals surface area contributed by atoms with E-state index in [0.29, 0.717) is 56.7 Å². The van der Waals surface area contributed by atoms with E-state index in [1.54, 1.807) is 79.7 Å². The number of benzene rings is 3. The third-order valence-corrected chi connectivity index (χ3v) is 10.4. The molecule has 2 bridgehead atoms. The number of aromatic nitrogens is 1. The lowest BCUT2D eigenvalue weighted by Gasteiger charge is -2.37. The number of amides is 2. The maximum Gasteiger partial charge on any atom is 0.339 e. The largest absolute Gasteiger partial charge is 0.450 e. The average Bonchev–Trinajstić information content (AvgIpc) is 3.86. The fraction of sp³-hybridized carbons (Fsp3) is 0.270. The van der Waals surface area contributed by atoms with Gasteiger partial charge in [-0.15, -0.1) is 0 Å². The molecule has 4 aromatic rings. The van der Waals surface area contributed by atoms with E-state index in [0.717, 1.165) is 6.42 Å². The van der Waals surface area contributed by atoms with Crippen molar-refractivity contribution in [3.8, 4) is 11.3 Å². The van der Waals surface area contributed by atoms with E-state index in [9.17, 15) is 19.2 Å². The summed E-state index contributed by atoms with van der Waals surface area (Å²) in [5.74, 6) is -0.300. The Morgan fingerprint density at radius 3 is 2.22 bits per heavy atom. The van der Waals surface area contributed by atoms with E-state index in [1.807, 2.05) is 6.07 Å². The van der Waals surface area contributed by atoms with Crippen molar-refractivity contribution in [3.63, 3.8) is 0 Å². The Balaban J connectivity index is 1.10. The summed E-state index contributed by atoms with van der Waals surface area (Å²) >= 11 is 6.55. The Bertz CT molecular complexity index is 1900. The normalized spacial score (nSPS) is 26.5. The maximum absolute atomic E-state index is 13.6. The molecular formula is C37H29ClN2O5. The standard InChI is InChI=1S/C37H29ClN2O5/c1-2-30(34(41)20-7-4-3-5-8-20)45-37(44)27-18-29(39-33-24(27)9-6-10-28(33)38)19-11-13-21(14-12-19)40-35(42)31-22-15-16-23(26-17-25(22)26)32(31)36(40)43/h3-16,18,22-23,25-26,30-32H,2,17H2,1H3. The van der Waals surface area contributed by atoms with Gasteiger partial charge in [-0.1, -0.05) is 85.3 Å². The average molecular weight is 617 g/mol. The summed E-state index contributed by atoms with van der Waals surface area (Å²) in [7, 11) is 0. The van der Waals surface area contributed by atoms with Gasteiger partial charge in [0.2, 0.25) is 17.6 Å². The number of carbonyl (C=O) groups is 4. The van der Waals surface area contributed by atoms with Crippen LogP contribution in [0.2, 0.25) is 5.02 Å². The molecule has 1 saturated heterocycles. The molecule has 3 aromatic carbocycles. The SMILES string of the molecule is CCC(OC(=O)c1cc(-c2ccc(N3C(=O)C4C5C=CC(C6CC56)C4C3=O)cc2)nc2c(Cl)cccc12)C(=O)c1ccccc1. The lowest BCUT2D eigenvalue weighted by Crippen LogP contribution is -2.40. The summed E-state index contributed by atoms with van der Waals surface area (Å²) in [6.07, 6.45) is 4.80. The number of hydrogen-bond acceptors (Lipinski definition) is 6. The minimum absolute atomic E-state index is 0.112. The molecule has 7 unspecified atom stereocenters. The van der Waals surface area contributed by atoms with Crippen molar-refractivity contribution in [2.24, 2.45) is 35.5 Å². The number of hydrogen-bond donors (Lipinski definition) is 0. The van der Waals surface area contributed by atoms with E-state index >= 15 is 0 Å². The van der Waals surface area contributed by atoms with Gasteiger partial charge in [-0.2, -0.15) is 0 Å². The van der Waals surface area contributed by atoms with Crippen LogP contribution in [0.25, 0.3) is 22.2 Å². The molecule has 2 heterocycles. The smallest absolute Gasteiger partial charge is 0.339 e. The van der Waals surface area contributed by atoms with Crippen LogP contribution in [0.5, 0.6) is 0 Å². The highest BCUT2D eigenvalue weighted by atomic mass is 35.5. The highest BCUT2D eigenvalue weighted by molar-refractivity contribution is 6.35. The van der Waals surface area contributed by atoms with Crippen LogP contribution in [0.4, 0.5) is 5.69 Å². The Labute approximate surface area is 264 Å². The van der Waals surface area contributed by atoms with Gasteiger partial charge in [-0.25, -0.2) is 9.78 Å². The first kappa shape index (κ1) is 27.9. The van der Waals surface area contributed by atoms with Gasteiger partial charge >= 0.3 is 5.97 Å². The van der Waals surface area contributed by atoms with Crippen molar-refractivity contribution in [3.05, 3.63) is 107 Å². The summed E-state index contributed by atoms with van der Waals surface area (Å²) in [5.41, 5.74) is 2.78. The zero-order valence-corrected chi connectivity index (χ0v) is 25.2. The number of carbonyl (C=O) groups excluding carboxylic acids is 4. The molecule has 8 heteroatoms. The zero-order chi connectivity index (χ0) is 31.0. The fourth-order valence-electron chi connectivity index (χ4n) is 7.83. The quantitative estimate of drug-likeness (QED) is 0.0967. The van der Waals surface area contributed by atoms with E-state index in [2.05, 4.69) is 12.2 Å². The van der Waals surface area contributed by atoms with Crippen LogP contribution in [-0.2, 0) is 14.3 Å². The predicted octanol–water partition coefficient (Wildman–Crippen LogP) is 6.93. The van der Waals surface area contributed by atoms with E-state index in [-0.39, 0.29) is 46.8 Å². The lowest BCUT2D eigenvalue weighted by molar-refractivity contribution is -0.124. The molecule has 1 aromatic heterocycles. The van der Waals surface area contributed by atoms with Crippen molar-refractivity contribution >= 4 is 51.8 Å². The van der Waals surface area contributed by atoms with Crippen molar-refractivity contribution in [1.29, 1.82) is 0 Å². The first-order valence-corrected chi connectivity index (χ1v) is 15.8. The number of para-hydroxylation sites is 1. The van der Waals surface area contributed by atoms with Gasteiger partial charge in [0.25, 0.3) is 0 Å². The molecule has 1 aliphatic heterocycles. The van der Waals surface area contributed by atoms with E-state index < -0.39 is 12.1 Å². The number of anilines is 1. The van der Waals surface area contributed by atoms with Gasteiger partial charge in [-0.05, 0) is 60.8 Å². The molecule has 7 nitrogen and oxygen atoms in total. The summed E-state index contributed by atoms with van der Waals surface area (Å²) in [6, 6.07) is 22.6. The molecular weight excluding hydrogens is 588 g/mol. The Morgan fingerprint density at radius 1 is 0.911 bits per heavy atom. The minimum atomic E-state index is -0.958. The number of halogens is 1. The van der Waals surface area contributed by atoms with E-state index in [4.69, 9.17) is 21.3 Å². The molecule has 0 N–H and O–H groups in total. The van der Waals surface area contributed by atoms with Gasteiger partial charge in [0.15, 0.2) is 6.10 Å². The third kappa shape index (κ3) is 4.36. The molecule has 9 rings (SSSR count). The van der Waals surface area contributed by atoms with Crippen molar-refractivity contribution in [1.82, 2.24) is 4.98 Å². The van der Waals surface area contributed by atoms with Gasteiger partial charge in [0, 0.05) is 16.5 Å². The lowest BCUT2D eigenvalue weighted by atomic mass is 9.63. The number of fused-ring (bicyclic) bond motifs is 1. The highest BCUT2D eigenvalue weighted by Gasteiger charge is 2.67. The third-order valence-electron chi connectivity index (χ3n) is 10.1. The Hall–Kier alpha value is -4.62. The second-order valence-electron chi connectivity index (χ2n) is 12.4. The van der Waals surface area contributed by atoms with Crippen LogP contribution in [0, 0.1) is 35.5 Å². The molecule has 45 heavy (non-hydrogen) atoms. The molecule has 7 atom stereocenters. The summed E-state index contributed by atoms with van der Waals surface area (Å²) < 4.78 is 5.78. The monoisotopic (exact) mass is 616 g/mol. The maximum atomic E-state index is 13.6. The molecule has 0 radical (unpaired) electrons. The number of ether oxygens (including phenoxy) is 1. The number of rotatable bonds is 7. The predicted molar refractivity (Wildman–Crippen MR) is 170 cm³/mol. The first-order chi connectivity index (χ1) is 21.9. The minimum Gasteiger partial charge on any atom is -0.450 e. The van der Waals surface area contributed by atoms with E-state index in [1.165, 1.54) is 4.90 Å². The van der Waals surface area contributed by atoms with Gasteiger partial charge in [0.05, 0.1) is 39.3 Å². The fourth-order valence-corrected chi connectivity index (χ4v) is 8.04. The molecule has 5 aliphatic rings. The topological polar surface area (TPSA) is 93.6 Å². The number of allylic oxidation sites excluding steroid dienone is 2. The zero-order valence-electron chi connectivity index (χ0n) is 24.4. The van der Waals surface area contributed by atoms with Crippen molar-refractivity contribution < 1.29 is 23.9 Å². The molecule has 2 amide bonds. The van der Waals surface area contributed by atoms with Gasteiger partial charge < -0.3 is 4.74 Å². The number of pyridine rings is 1. The van der Waals surface area contributed by atoms with Crippen LogP contribution in [0.15, 0.2) is 91.0 Å². The number of esters is 1. The van der Waals surface area contributed by atoms with Crippen LogP contribution >= 0.6 is 11.6 Å². The van der Waals surface area contributed by atoms with Crippen molar-refractivity contribution in [2.45, 2.75) is 25.9 Å². The van der Waals surface area contributed by atoms with Gasteiger partial charge in [-0.3, -0.25) is 19.3 Å². The first-order valence-electron chi connectivity index (χ1n) is 15.4. The van der Waals surface area contributed by atoms with Crippen LogP contribution in [-0.4, -0.2) is 34.7 Å². The van der Waals surface area contributed by atoms with Gasteiger partial charge in [0.1, 0.15) is 0 Å². The molecule has 4 aliphatic carbocycles. The van der Waals surface area contributed by atoms with Crippen molar-refractivity contribution in [2.75, 3.05) is 4.90 Å². The van der Waals surface area contributed by atoms with Crippen LogP contribution < -0.4 is 4.90 Å². The molecule has 224 valence electrons. The Kier molecular flexibility index (Phi) is 6.50. The molecule has 0 spiro atoms. The second kappa shape index (κ2) is 10.5. The number of nitrogens with zero attached hydrogens (tertiary/aromatic N) is 2. The number of ketones is 1. The Morgan fingerprint density at radius 2 is 1.58 bits per heavy atom. The number of imide groups is 1. The number of Topliss-reactive ketones (excluding diaryl/α,β-unsaturated/α-hetero) is 1. The van der Waals surface area contributed by atoms with Crippen LogP contribution in [0.3, 0.4) is 0 Å². The highest BCUT2D eigenvalue weighted by Crippen LogP contribution is 2.65. The summed E-state index contributed by atoms with van der Waals surface area (Å²) in [5, 5.41) is 0.872. The molecule has 2 saturated carbocycles. The summed E-state index contributed by atoms with van der Waals surface area (Å²) in [6.45, 7) is 1.79. The molecule has 3 fully saturated rings. The second-order valence-corrected chi connectivity index (χ2v) is 12.8.